The number of aryl methyl sites for hydroxylation is 1. The molecule has 0 spiro atoms. The number of halogens is 2. The van der Waals surface area contributed by atoms with Crippen LogP contribution >= 0.6 is 24.8 Å². The first-order chi connectivity index (χ1) is 12.0. The lowest BCUT2D eigenvalue weighted by molar-refractivity contribution is -0.133. The topological polar surface area (TPSA) is 69.9 Å². The molecule has 152 valence electrons. The van der Waals surface area contributed by atoms with Gasteiger partial charge < -0.3 is 15.5 Å². The lowest BCUT2D eigenvalue weighted by atomic mass is 10.1. The quantitative estimate of drug-likeness (QED) is 0.766. The van der Waals surface area contributed by atoms with Gasteiger partial charge in [-0.1, -0.05) is 6.07 Å². The van der Waals surface area contributed by atoms with Gasteiger partial charge in [0.2, 0.25) is 5.91 Å². The molecule has 1 aromatic carbocycles. The lowest BCUT2D eigenvalue weighted by Gasteiger charge is -2.36. The number of amides is 2. The Bertz CT molecular complexity index is 643. The zero-order valence-electron chi connectivity index (χ0n) is 15.9. The largest absolute Gasteiger partial charge is 0.399 e. The molecule has 0 unspecified atom stereocenters. The predicted octanol–water partition coefficient (Wildman–Crippen LogP) is 2.19. The molecular weight excluding hydrogens is 387 g/mol. The molecule has 2 aliphatic heterocycles. The number of benzene rings is 1. The van der Waals surface area contributed by atoms with Gasteiger partial charge in [-0.25, -0.2) is 0 Å². The second-order valence-corrected chi connectivity index (χ2v) is 7.08. The number of likely N-dealkylation sites (tertiary alicyclic amines) is 1. The highest BCUT2D eigenvalue weighted by atomic mass is 35.5. The van der Waals surface area contributed by atoms with E-state index in [2.05, 4.69) is 4.90 Å². The van der Waals surface area contributed by atoms with Crippen molar-refractivity contribution in [1.29, 1.82) is 0 Å². The van der Waals surface area contributed by atoms with E-state index in [0.717, 1.165) is 44.6 Å². The van der Waals surface area contributed by atoms with E-state index >= 15 is 0 Å². The van der Waals surface area contributed by atoms with Gasteiger partial charge in [0.1, 0.15) is 0 Å². The summed E-state index contributed by atoms with van der Waals surface area (Å²) in [6, 6.07) is 5.45. The summed E-state index contributed by atoms with van der Waals surface area (Å²) in [5.74, 6) is 0.262. The SMILES string of the molecule is Cc1ccc(N)cc1C(=O)N1CCN(CC(=O)N2CCCCC2)CC1.Cl.Cl. The van der Waals surface area contributed by atoms with Crippen LogP contribution in [0.15, 0.2) is 18.2 Å². The van der Waals surface area contributed by atoms with Gasteiger partial charge in [0.15, 0.2) is 0 Å². The molecule has 2 fully saturated rings. The number of piperazine rings is 1. The number of piperidine rings is 1. The Balaban J connectivity index is 0.00000182. The normalized spacial score (nSPS) is 17.7. The molecule has 8 heteroatoms. The fourth-order valence-corrected chi connectivity index (χ4v) is 3.58. The molecule has 2 saturated heterocycles. The van der Waals surface area contributed by atoms with E-state index in [1.165, 1.54) is 6.42 Å². The van der Waals surface area contributed by atoms with Crippen LogP contribution in [-0.2, 0) is 4.79 Å². The second-order valence-electron chi connectivity index (χ2n) is 7.08. The van der Waals surface area contributed by atoms with Crippen LogP contribution < -0.4 is 5.73 Å². The Morgan fingerprint density at radius 3 is 2.19 bits per heavy atom. The molecule has 0 radical (unpaired) electrons. The summed E-state index contributed by atoms with van der Waals surface area (Å²) in [6.45, 7) is 6.98. The maximum Gasteiger partial charge on any atom is 0.254 e. The van der Waals surface area contributed by atoms with E-state index in [9.17, 15) is 9.59 Å². The van der Waals surface area contributed by atoms with Crippen molar-refractivity contribution < 1.29 is 9.59 Å². The van der Waals surface area contributed by atoms with Crippen molar-refractivity contribution in [1.82, 2.24) is 14.7 Å². The highest BCUT2D eigenvalue weighted by molar-refractivity contribution is 5.96. The van der Waals surface area contributed by atoms with Crippen LogP contribution in [-0.4, -0.2) is 72.3 Å². The fraction of sp³-hybridized carbons (Fsp3) is 0.579. The number of nitrogen functional groups attached to an aromatic ring is 1. The van der Waals surface area contributed by atoms with Crippen LogP contribution in [0.1, 0.15) is 35.2 Å². The van der Waals surface area contributed by atoms with Gasteiger partial charge in [-0.2, -0.15) is 0 Å². The van der Waals surface area contributed by atoms with Crippen LogP contribution in [0.2, 0.25) is 0 Å². The summed E-state index contributed by atoms with van der Waals surface area (Å²) in [4.78, 5) is 31.1. The standard InChI is InChI=1S/C19H28N4O2.2ClH/c1-15-5-6-16(20)13-17(15)19(25)23-11-9-21(10-12-23)14-18(24)22-7-3-2-4-8-22;;/h5-6,13H,2-4,7-12,14,20H2,1H3;2*1H. The molecule has 1 aromatic rings. The van der Waals surface area contributed by atoms with Crippen molar-refractivity contribution in [2.45, 2.75) is 26.2 Å². The summed E-state index contributed by atoms with van der Waals surface area (Å²) in [6.07, 6.45) is 3.47. The van der Waals surface area contributed by atoms with Crippen LogP contribution in [0.25, 0.3) is 0 Å². The fourth-order valence-electron chi connectivity index (χ4n) is 3.58. The minimum absolute atomic E-state index is 0. The molecule has 2 heterocycles. The number of hydrogen-bond donors (Lipinski definition) is 1. The molecule has 2 amide bonds. The molecule has 0 aromatic heterocycles. The lowest BCUT2D eigenvalue weighted by Crippen LogP contribution is -2.52. The van der Waals surface area contributed by atoms with E-state index in [-0.39, 0.29) is 36.6 Å². The Morgan fingerprint density at radius 2 is 1.56 bits per heavy atom. The minimum Gasteiger partial charge on any atom is -0.399 e. The maximum absolute atomic E-state index is 12.7. The van der Waals surface area contributed by atoms with Crippen molar-refractivity contribution in [2.75, 3.05) is 51.5 Å². The Morgan fingerprint density at radius 1 is 0.926 bits per heavy atom. The van der Waals surface area contributed by atoms with Crippen molar-refractivity contribution >= 4 is 42.3 Å². The molecule has 2 aliphatic rings. The van der Waals surface area contributed by atoms with Crippen molar-refractivity contribution in [2.24, 2.45) is 0 Å². The molecule has 0 saturated carbocycles. The van der Waals surface area contributed by atoms with E-state index < -0.39 is 0 Å². The third kappa shape index (κ3) is 5.99. The van der Waals surface area contributed by atoms with Crippen molar-refractivity contribution in [3.8, 4) is 0 Å². The van der Waals surface area contributed by atoms with Gasteiger partial charge in [0.05, 0.1) is 6.54 Å². The molecule has 0 aliphatic carbocycles. The van der Waals surface area contributed by atoms with Gasteiger partial charge in [-0.15, -0.1) is 24.8 Å². The van der Waals surface area contributed by atoms with Crippen molar-refractivity contribution in [3.63, 3.8) is 0 Å². The number of nitrogens with two attached hydrogens (primary N) is 1. The third-order valence-corrected chi connectivity index (χ3v) is 5.22. The summed E-state index contributed by atoms with van der Waals surface area (Å²) in [5.41, 5.74) is 8.06. The van der Waals surface area contributed by atoms with Crippen LogP contribution in [0.5, 0.6) is 0 Å². The summed E-state index contributed by atoms with van der Waals surface area (Å²) in [7, 11) is 0. The van der Waals surface area contributed by atoms with E-state index in [1.807, 2.05) is 28.9 Å². The van der Waals surface area contributed by atoms with Gasteiger partial charge in [-0.3, -0.25) is 14.5 Å². The van der Waals surface area contributed by atoms with Crippen molar-refractivity contribution in [3.05, 3.63) is 29.3 Å². The average molecular weight is 417 g/mol. The van der Waals surface area contributed by atoms with E-state index in [4.69, 9.17) is 5.73 Å². The first-order valence-corrected chi connectivity index (χ1v) is 9.20. The second kappa shape index (κ2) is 10.7. The van der Waals surface area contributed by atoms with Gasteiger partial charge in [0, 0.05) is 50.5 Å². The number of anilines is 1. The van der Waals surface area contributed by atoms with Crippen LogP contribution in [0, 0.1) is 6.92 Å². The van der Waals surface area contributed by atoms with Crippen LogP contribution in [0.4, 0.5) is 5.69 Å². The monoisotopic (exact) mass is 416 g/mol. The smallest absolute Gasteiger partial charge is 0.254 e. The zero-order chi connectivity index (χ0) is 17.8. The first-order valence-electron chi connectivity index (χ1n) is 9.20. The van der Waals surface area contributed by atoms with Gasteiger partial charge in [-0.05, 0) is 43.9 Å². The number of nitrogens with zero attached hydrogens (tertiary/aromatic N) is 3. The number of carbonyl (C=O) groups is 2. The van der Waals surface area contributed by atoms with Gasteiger partial charge >= 0.3 is 0 Å². The highest BCUT2D eigenvalue weighted by Gasteiger charge is 2.26. The molecular formula is C19H30Cl2N4O2. The van der Waals surface area contributed by atoms with Crippen LogP contribution in [0.3, 0.4) is 0 Å². The third-order valence-electron chi connectivity index (χ3n) is 5.22. The Kier molecular flexibility index (Phi) is 9.36. The number of carbonyl (C=O) groups excluding carboxylic acids is 2. The molecule has 2 N–H and O–H groups in total. The zero-order valence-corrected chi connectivity index (χ0v) is 17.5. The van der Waals surface area contributed by atoms with E-state index in [1.54, 1.807) is 6.07 Å². The molecule has 6 nitrogen and oxygen atoms in total. The summed E-state index contributed by atoms with van der Waals surface area (Å²) >= 11 is 0. The maximum atomic E-state index is 12.7. The summed E-state index contributed by atoms with van der Waals surface area (Å²) in [5, 5.41) is 0. The van der Waals surface area contributed by atoms with E-state index in [0.29, 0.717) is 30.9 Å². The highest BCUT2D eigenvalue weighted by Crippen LogP contribution is 2.16. The summed E-state index contributed by atoms with van der Waals surface area (Å²) < 4.78 is 0. The Hall–Kier alpha value is -1.50. The van der Waals surface area contributed by atoms with Gasteiger partial charge in [0.25, 0.3) is 5.91 Å². The minimum atomic E-state index is 0. The molecule has 3 rings (SSSR count). The first kappa shape index (κ1) is 23.5. The number of rotatable bonds is 3. The predicted molar refractivity (Wildman–Crippen MR) is 113 cm³/mol. The Labute approximate surface area is 173 Å². The molecule has 0 atom stereocenters. The molecule has 27 heavy (non-hydrogen) atoms. The average Bonchev–Trinajstić information content (AvgIpc) is 2.64. The number of hydrogen-bond acceptors (Lipinski definition) is 4. The molecule has 0 bridgehead atoms.